The van der Waals surface area contributed by atoms with Gasteiger partial charge in [-0.3, -0.25) is 19.7 Å². The Balaban J connectivity index is 2.90. The summed E-state index contributed by atoms with van der Waals surface area (Å²) in [5.74, 6) is 0.195. The summed E-state index contributed by atoms with van der Waals surface area (Å²) in [5, 5.41) is 11.4. The molecule has 0 saturated heterocycles. The van der Waals surface area contributed by atoms with Crippen molar-refractivity contribution in [2.75, 3.05) is 5.06 Å². The van der Waals surface area contributed by atoms with Crippen molar-refractivity contribution in [2.24, 2.45) is 0 Å². The lowest BCUT2D eigenvalue weighted by molar-refractivity contribution is -0.385. The normalized spacial score (nSPS) is 11.0. The molecule has 0 radical (unpaired) electrons. The molecular weight excluding hydrogens is 226 g/mol. The van der Waals surface area contributed by atoms with Crippen molar-refractivity contribution in [1.29, 1.82) is 0 Å². The van der Waals surface area contributed by atoms with Crippen LogP contribution in [0.25, 0.3) is 0 Å². The summed E-state index contributed by atoms with van der Waals surface area (Å²) in [7, 11) is 0. The Morgan fingerprint density at radius 3 is 2.47 bits per heavy atom. The van der Waals surface area contributed by atoms with E-state index in [4.69, 9.17) is 4.84 Å². The molecule has 92 valence electrons. The van der Waals surface area contributed by atoms with Gasteiger partial charge in [0.2, 0.25) is 6.41 Å². The molecular formula is C10H13N3O4. The lowest BCUT2D eigenvalue weighted by atomic mass is 10.2. The first-order valence-electron chi connectivity index (χ1n) is 4.87. The summed E-state index contributed by atoms with van der Waals surface area (Å²) >= 11 is 0. The number of carbonyl (C=O) groups is 1. The quantitative estimate of drug-likeness (QED) is 0.453. The van der Waals surface area contributed by atoms with Crippen LogP contribution in [0, 0.1) is 10.1 Å². The third-order valence-corrected chi connectivity index (χ3v) is 1.64. The molecule has 7 nitrogen and oxygen atoms in total. The number of carbonyl (C=O) groups excluding carboxylic acids is 1. The number of aromatic nitrogens is 1. The highest BCUT2D eigenvalue weighted by atomic mass is 16.7. The molecule has 0 N–H and O–H groups in total. The van der Waals surface area contributed by atoms with Gasteiger partial charge in [0.15, 0.2) is 5.82 Å². The zero-order valence-electron chi connectivity index (χ0n) is 9.78. The molecule has 0 atom stereocenters. The lowest BCUT2D eigenvalue weighted by Crippen LogP contribution is -2.33. The standard InChI is InChI=1S/C10H13N3O4/c1-10(2,3)17-12(7-14)9-5-4-8(6-11-9)13(15)16/h4-7H,1-3H3. The van der Waals surface area contributed by atoms with Crippen LogP contribution in [0.1, 0.15) is 20.8 Å². The molecule has 0 bridgehead atoms. The SMILES string of the molecule is CC(C)(C)ON(C=O)c1ccc([N+](=O)[O-])cn1. The number of rotatable bonds is 4. The molecule has 0 aliphatic carbocycles. The van der Waals surface area contributed by atoms with E-state index < -0.39 is 10.5 Å². The number of hydroxylamine groups is 1. The Bertz CT molecular complexity index is 411. The number of pyridine rings is 1. The zero-order chi connectivity index (χ0) is 13.1. The highest BCUT2D eigenvalue weighted by Crippen LogP contribution is 2.18. The smallest absolute Gasteiger partial charge is 0.276 e. The molecule has 1 aromatic rings. The monoisotopic (exact) mass is 239 g/mol. The van der Waals surface area contributed by atoms with Gasteiger partial charge in [-0.1, -0.05) is 0 Å². The second-order valence-corrected chi connectivity index (χ2v) is 4.27. The van der Waals surface area contributed by atoms with E-state index in [0.29, 0.717) is 6.41 Å². The van der Waals surface area contributed by atoms with E-state index in [1.54, 1.807) is 20.8 Å². The summed E-state index contributed by atoms with van der Waals surface area (Å²) in [5.41, 5.74) is -0.708. The van der Waals surface area contributed by atoms with Gasteiger partial charge >= 0.3 is 0 Å². The van der Waals surface area contributed by atoms with Gasteiger partial charge in [-0.05, 0) is 26.8 Å². The maximum atomic E-state index is 10.8. The molecule has 1 rings (SSSR count). The molecule has 0 spiro atoms. The minimum Gasteiger partial charge on any atom is -0.276 e. The third-order valence-electron chi connectivity index (χ3n) is 1.64. The third kappa shape index (κ3) is 3.80. The minimum absolute atomic E-state index is 0.143. The maximum absolute atomic E-state index is 10.8. The van der Waals surface area contributed by atoms with Crippen molar-refractivity contribution in [2.45, 2.75) is 26.4 Å². The van der Waals surface area contributed by atoms with Crippen molar-refractivity contribution < 1.29 is 14.6 Å². The first kappa shape index (κ1) is 13.0. The van der Waals surface area contributed by atoms with E-state index in [2.05, 4.69) is 4.98 Å². The van der Waals surface area contributed by atoms with E-state index in [1.807, 2.05) is 0 Å². The van der Waals surface area contributed by atoms with E-state index in [1.165, 1.54) is 12.1 Å². The van der Waals surface area contributed by atoms with Crippen LogP contribution < -0.4 is 5.06 Å². The predicted molar refractivity (Wildman–Crippen MR) is 60.3 cm³/mol. The van der Waals surface area contributed by atoms with Gasteiger partial charge in [-0.2, -0.15) is 5.06 Å². The van der Waals surface area contributed by atoms with Gasteiger partial charge in [0.05, 0.1) is 10.5 Å². The maximum Gasteiger partial charge on any atom is 0.287 e. The topological polar surface area (TPSA) is 85.6 Å². The fourth-order valence-electron chi connectivity index (χ4n) is 1.03. The molecule has 0 fully saturated rings. The first-order chi connectivity index (χ1) is 7.83. The van der Waals surface area contributed by atoms with Crippen LogP contribution in [0.3, 0.4) is 0 Å². The Morgan fingerprint density at radius 1 is 1.47 bits per heavy atom. The predicted octanol–water partition coefficient (Wildman–Crippen LogP) is 1.68. The van der Waals surface area contributed by atoms with E-state index in [9.17, 15) is 14.9 Å². The van der Waals surface area contributed by atoms with Crippen LogP contribution in [0.15, 0.2) is 18.3 Å². The van der Waals surface area contributed by atoms with Gasteiger partial charge in [-0.15, -0.1) is 0 Å². The fraction of sp³-hybridized carbons (Fsp3) is 0.400. The summed E-state index contributed by atoms with van der Waals surface area (Å²) in [6, 6.07) is 2.60. The van der Waals surface area contributed by atoms with Crippen molar-refractivity contribution in [3.63, 3.8) is 0 Å². The Hall–Kier alpha value is -2.02. The highest BCUT2D eigenvalue weighted by molar-refractivity contribution is 5.70. The molecule has 1 aromatic heterocycles. The Labute approximate surface area is 98.1 Å². The largest absolute Gasteiger partial charge is 0.287 e. The number of nitro groups is 1. The molecule has 1 heterocycles. The molecule has 0 aliphatic rings. The molecule has 0 unspecified atom stereocenters. The Kier molecular flexibility index (Phi) is 3.74. The number of hydrogen-bond acceptors (Lipinski definition) is 5. The van der Waals surface area contributed by atoms with Gasteiger partial charge in [-0.25, -0.2) is 4.98 Å². The summed E-state index contributed by atoms with van der Waals surface area (Å²) < 4.78 is 0. The van der Waals surface area contributed by atoms with Crippen LogP contribution in [0.4, 0.5) is 11.5 Å². The summed E-state index contributed by atoms with van der Waals surface area (Å²) in [4.78, 5) is 29.8. The molecule has 0 aliphatic heterocycles. The van der Waals surface area contributed by atoms with E-state index in [-0.39, 0.29) is 11.5 Å². The van der Waals surface area contributed by atoms with E-state index in [0.717, 1.165) is 11.3 Å². The average Bonchev–Trinajstić information content (AvgIpc) is 2.25. The number of amides is 1. The highest BCUT2D eigenvalue weighted by Gasteiger charge is 2.19. The van der Waals surface area contributed by atoms with Crippen LogP contribution in [-0.2, 0) is 9.63 Å². The van der Waals surface area contributed by atoms with Crippen molar-refractivity contribution in [3.8, 4) is 0 Å². The first-order valence-corrected chi connectivity index (χ1v) is 4.87. The van der Waals surface area contributed by atoms with Crippen molar-refractivity contribution in [3.05, 3.63) is 28.4 Å². The second kappa shape index (κ2) is 4.88. The molecule has 0 saturated carbocycles. The van der Waals surface area contributed by atoms with Gasteiger partial charge in [0, 0.05) is 6.07 Å². The summed E-state index contributed by atoms with van der Waals surface area (Å²) in [6.45, 7) is 5.32. The van der Waals surface area contributed by atoms with Crippen LogP contribution >= 0.6 is 0 Å². The second-order valence-electron chi connectivity index (χ2n) is 4.27. The van der Waals surface area contributed by atoms with Gasteiger partial charge < -0.3 is 0 Å². The molecule has 0 aromatic carbocycles. The lowest BCUT2D eigenvalue weighted by Gasteiger charge is -2.25. The molecule has 7 heteroatoms. The van der Waals surface area contributed by atoms with Crippen LogP contribution in [0.2, 0.25) is 0 Å². The fourth-order valence-corrected chi connectivity index (χ4v) is 1.03. The number of nitrogens with zero attached hydrogens (tertiary/aromatic N) is 3. The number of hydrogen-bond donors (Lipinski definition) is 0. The van der Waals surface area contributed by atoms with Crippen molar-refractivity contribution in [1.82, 2.24) is 4.98 Å². The van der Waals surface area contributed by atoms with Gasteiger partial charge in [0.1, 0.15) is 6.20 Å². The minimum atomic E-state index is -0.565. The zero-order valence-corrected chi connectivity index (χ0v) is 9.78. The van der Waals surface area contributed by atoms with Gasteiger partial charge in [0.25, 0.3) is 5.69 Å². The molecule has 17 heavy (non-hydrogen) atoms. The number of anilines is 1. The van der Waals surface area contributed by atoms with Crippen molar-refractivity contribution >= 4 is 17.9 Å². The Morgan fingerprint density at radius 2 is 2.12 bits per heavy atom. The van der Waals surface area contributed by atoms with E-state index >= 15 is 0 Å². The van der Waals surface area contributed by atoms with Crippen LogP contribution in [0.5, 0.6) is 0 Å². The molecule has 1 amide bonds. The van der Waals surface area contributed by atoms with Crippen LogP contribution in [-0.4, -0.2) is 21.9 Å². The summed E-state index contributed by atoms with van der Waals surface area (Å²) in [6.07, 6.45) is 1.53. The average molecular weight is 239 g/mol.